The zero-order chi connectivity index (χ0) is 94.1. The molecule has 700 valence electrons. The molecule has 7 aromatic carbocycles. The Bertz CT molecular complexity index is 7380. The van der Waals surface area contributed by atoms with E-state index in [1.165, 1.54) is 94.5 Å². The molecule has 9 N–H and O–H groups in total. The molecule has 0 bridgehead atoms. The van der Waals surface area contributed by atoms with Crippen molar-refractivity contribution in [1.29, 1.82) is 0 Å². The van der Waals surface area contributed by atoms with Crippen LogP contribution >= 0.6 is 56.7 Å². The van der Waals surface area contributed by atoms with Crippen LogP contribution in [-0.4, -0.2) is 103 Å². The summed E-state index contributed by atoms with van der Waals surface area (Å²) in [5.41, 5.74) is 18.8. The Kier molecular flexibility index (Phi) is 30.3. The number of aromatic nitrogens is 9. The van der Waals surface area contributed by atoms with Gasteiger partial charge in [-0.1, -0.05) is 157 Å². The van der Waals surface area contributed by atoms with Crippen LogP contribution in [-0.2, 0) is 84.2 Å². The molecule has 0 spiro atoms. The number of thiazole rings is 3. The number of benzene rings is 7. The third-order valence-electron chi connectivity index (χ3n) is 24.2. The van der Waals surface area contributed by atoms with Crippen LogP contribution < -0.4 is 10.3 Å². The molecule has 2 atom stereocenters. The summed E-state index contributed by atoms with van der Waals surface area (Å²) in [7, 11) is -7.61. The Balaban J connectivity index is 0.000000154. The minimum absolute atomic E-state index is 0. The lowest BCUT2D eigenvalue weighted by Gasteiger charge is -2.19. The van der Waals surface area contributed by atoms with Gasteiger partial charge in [-0.3, -0.25) is 0 Å². The van der Waals surface area contributed by atoms with E-state index in [9.17, 15) is 46.5 Å². The molecule has 2 unspecified atom stereocenters. The molecule has 0 saturated heterocycles. The Labute approximate surface area is 811 Å². The van der Waals surface area contributed by atoms with Gasteiger partial charge in [0.25, 0.3) is 0 Å². The first-order valence-corrected chi connectivity index (χ1v) is 52.9. The van der Waals surface area contributed by atoms with Crippen LogP contribution in [0.25, 0.3) is 60.3 Å². The standard InChI is InChI=1S/C35H33F2N3O4S2.C35H32N4O3S3.C33H30N4O3S3.2H2O/c1-35(2,3)24-11-8-22(9-12-24)25-18-23(10-13-27(25)36)32-26(15-21-7-14-31(28(37)16-21)46(4,43)44)30(17-20-5-6-20)40(39-32)34-38-29(19-45-34)33(41)42;1-21-17-24(9-16-32(21)45(36)42)19-28-30(14-8-22-5-6-22)39(35-37-29(20-43-35)34(40)41)38-33(28)26-4-2-3-23(18-26)7-12-27-13-15-31(44-27)25-10-11-25;1-20-16-24(11-15-30(20)43(34)40)18-27-29(14-10-22-7-8-22)37(33-35-28(19-41-33)32(38)39)36-31(27)25-5-3-4-23(17-25)9-13-26-12-6-21(2)42-26;;/h7-14,16,18-20H,5-6,15,17H2,1-4H3,(H,41,42);2-4,9,13,15-18,20,22,25H,5-6,8,10-11,14,19H2,1H3,(H2,36,42)(H,40,41);3-6,11-12,15-17,19,22H,7-8,10,14,18H2,1-2H3,(H2,34,40)(H,38,39);2*1H2. The van der Waals surface area contributed by atoms with E-state index in [0.717, 1.165) is 167 Å². The van der Waals surface area contributed by atoms with Crippen LogP contribution in [0.5, 0.6) is 0 Å². The van der Waals surface area contributed by atoms with Crippen LogP contribution in [0, 0.1) is 73.8 Å². The first-order chi connectivity index (χ1) is 64.2. The highest BCUT2D eigenvalue weighted by atomic mass is 32.2. The summed E-state index contributed by atoms with van der Waals surface area (Å²) in [6, 6.07) is 53.1. The summed E-state index contributed by atoms with van der Waals surface area (Å²) in [4.78, 5) is 53.9. The summed E-state index contributed by atoms with van der Waals surface area (Å²) < 4.78 is 84.0. The van der Waals surface area contributed by atoms with Crippen molar-refractivity contribution >= 4 is 106 Å². The molecule has 23 nitrogen and oxygen atoms in total. The monoisotopic (exact) mass is 1980 g/mol. The average molecular weight is 1980 g/mol. The molecule has 0 amide bonds. The number of aryl methyl sites for hydroxylation is 3. The third-order valence-corrected chi connectivity index (χ3v) is 31.8. The van der Waals surface area contributed by atoms with Gasteiger partial charge in [-0.15, -0.1) is 67.0 Å². The van der Waals surface area contributed by atoms with Crippen LogP contribution in [0.2, 0.25) is 0 Å². The van der Waals surface area contributed by atoms with E-state index in [1.807, 2.05) is 120 Å². The molecule has 4 aliphatic rings. The van der Waals surface area contributed by atoms with Crippen molar-refractivity contribution in [2.45, 2.75) is 170 Å². The topological polar surface area (TPSA) is 384 Å². The van der Waals surface area contributed by atoms with Gasteiger partial charge in [0.15, 0.2) is 58.7 Å². The maximum absolute atomic E-state index is 15.4. The molecular weight excluding hydrogens is 1880 g/mol. The van der Waals surface area contributed by atoms with Gasteiger partial charge >= 0.3 is 17.9 Å². The molecule has 4 aliphatic carbocycles. The van der Waals surface area contributed by atoms with E-state index in [2.05, 4.69) is 103 Å². The third kappa shape index (κ3) is 23.6. The second-order valence-corrected chi connectivity index (χ2v) is 44.8. The molecule has 33 heteroatoms. The fourth-order valence-electron chi connectivity index (χ4n) is 16.4. The minimum Gasteiger partial charge on any atom is -0.870 e. The Hall–Kier alpha value is -12.1. The number of hydrogen-bond acceptors (Lipinski definition) is 20. The van der Waals surface area contributed by atoms with Gasteiger partial charge in [-0.2, -0.15) is 15.3 Å². The lowest BCUT2D eigenvalue weighted by atomic mass is 9.86. The molecule has 4 saturated carbocycles. The number of rotatable bonds is 28. The van der Waals surface area contributed by atoms with E-state index >= 15 is 8.78 Å². The fourth-order valence-corrected chi connectivity index (χ4v) is 22.5. The van der Waals surface area contributed by atoms with Crippen molar-refractivity contribution in [3.8, 4) is 84.0 Å². The average Bonchev–Trinajstić information content (AvgIpc) is 1.63. The van der Waals surface area contributed by atoms with Crippen molar-refractivity contribution in [2.24, 2.45) is 28.0 Å². The molecule has 0 radical (unpaired) electrons. The van der Waals surface area contributed by atoms with E-state index in [4.69, 9.17) is 25.6 Å². The fraction of sp³-hybridized carbons (Fsp3) is 0.272. The molecule has 8 aromatic heterocycles. The molecule has 0 aliphatic heterocycles. The Morgan fingerprint density at radius 2 is 0.912 bits per heavy atom. The van der Waals surface area contributed by atoms with Gasteiger partial charge in [0.1, 0.15) is 16.5 Å². The van der Waals surface area contributed by atoms with Crippen LogP contribution in [0.15, 0.2) is 201 Å². The number of halogens is 2. The predicted octanol–water partition coefficient (Wildman–Crippen LogP) is 21.4. The van der Waals surface area contributed by atoms with E-state index in [0.29, 0.717) is 90.1 Å². The number of carboxylic acid groups (broad SMARTS) is 3. The van der Waals surface area contributed by atoms with Gasteiger partial charge < -0.3 is 26.3 Å². The van der Waals surface area contributed by atoms with Crippen LogP contribution in [0.4, 0.5) is 8.78 Å². The summed E-state index contributed by atoms with van der Waals surface area (Å²) in [6.45, 7) is 12.3. The van der Waals surface area contributed by atoms with Crippen LogP contribution in [0.3, 0.4) is 0 Å². The number of aromatic carboxylic acids is 3. The SMILES string of the molecule is CC(C)(C)c1ccc(-c2cc(-c3nn(-c4nc(C(=O)O)cs4)c(CC4CC4)c3Cc3ccc(S(C)(=O)=O)c(F)c3)ccc2F)cc1.Cc1cc(Cc2c(-c3cccc(C#Cc4ccc(C5CC5)s4)c3)nn(-c3nc(C(=O)O)cs3)c2CCC2CC2)ccc1[SH+](N)=O.Cc1ccc(C#Cc2cccc(-c3nn(-c4nc(C(=O)O)cs4)c(CCC4CC4)c3Cc3ccc([SH+](N)=O)c(C)c3)c2)s1.[OH-].[OH-]. The highest BCUT2D eigenvalue weighted by Gasteiger charge is 2.34. The number of nitrogens with zero attached hydrogens (tertiary/aromatic N) is 9. The molecule has 136 heavy (non-hydrogen) atoms. The molecule has 8 heterocycles. The number of carbonyl (C=O) groups is 3. The number of sulfone groups is 1. The quantitative estimate of drug-likeness (QED) is 0.0173. The van der Waals surface area contributed by atoms with E-state index in [-0.39, 0.29) is 44.8 Å². The summed E-state index contributed by atoms with van der Waals surface area (Å²) in [5.74, 6) is 11.3. The number of thiophene rings is 2. The molecular formula is C103H99F2N11O12S8. The first-order valence-electron chi connectivity index (χ1n) is 44.1. The molecule has 19 rings (SSSR count). The highest BCUT2D eigenvalue weighted by Crippen LogP contribution is 2.46. The maximum atomic E-state index is 15.4. The van der Waals surface area contributed by atoms with E-state index in [1.54, 1.807) is 56.3 Å². The minimum atomic E-state index is -3.75. The van der Waals surface area contributed by atoms with Gasteiger partial charge in [-0.25, -0.2) is 60.6 Å². The number of hydrogen-bond donors (Lipinski definition) is 5. The zero-order valence-electron chi connectivity index (χ0n) is 75.4. The maximum Gasteiger partial charge on any atom is 0.355 e. The largest absolute Gasteiger partial charge is 0.870 e. The zero-order valence-corrected chi connectivity index (χ0v) is 82.1. The first kappa shape index (κ1) is 98.5. The van der Waals surface area contributed by atoms with Crippen molar-refractivity contribution in [3.05, 3.63) is 313 Å². The van der Waals surface area contributed by atoms with Crippen molar-refractivity contribution in [2.75, 3.05) is 6.26 Å². The molecule has 4 fully saturated rings. The molecule has 15 aromatic rings. The Morgan fingerprint density at radius 1 is 0.485 bits per heavy atom. The normalized spacial score (nSPS) is 13.9. The van der Waals surface area contributed by atoms with Crippen molar-refractivity contribution in [1.82, 2.24) is 44.3 Å². The summed E-state index contributed by atoms with van der Waals surface area (Å²) in [5, 5.41) is 61.4. The second-order valence-electron chi connectivity index (χ2n) is 35.7. The van der Waals surface area contributed by atoms with Gasteiger partial charge in [-0.05, 0) is 226 Å². The lowest BCUT2D eigenvalue weighted by Crippen LogP contribution is -2.10. The second kappa shape index (κ2) is 41.9. The number of nitrogens with two attached hydrogens (primary N) is 2. The summed E-state index contributed by atoms with van der Waals surface area (Å²) in [6.07, 6.45) is 16.3. The predicted molar refractivity (Wildman–Crippen MR) is 533 cm³/mol. The number of thiol groups is 2. The lowest BCUT2D eigenvalue weighted by molar-refractivity contribution is 0.0680. The van der Waals surface area contributed by atoms with Gasteiger partial charge in [0.05, 0.1) is 43.9 Å². The smallest absolute Gasteiger partial charge is 0.355 e. The Morgan fingerprint density at radius 3 is 1.32 bits per heavy atom. The van der Waals surface area contributed by atoms with Crippen LogP contribution in [0.1, 0.15) is 220 Å². The highest BCUT2D eigenvalue weighted by molar-refractivity contribution is 7.90. The van der Waals surface area contributed by atoms with E-state index < -0.39 is 61.4 Å². The van der Waals surface area contributed by atoms with Gasteiger partial charge in [0, 0.05) is 113 Å². The number of carboxylic acids is 3. The van der Waals surface area contributed by atoms with Crippen molar-refractivity contribution < 1.29 is 66.3 Å². The van der Waals surface area contributed by atoms with Gasteiger partial charge in [0.2, 0.25) is 15.4 Å². The summed E-state index contributed by atoms with van der Waals surface area (Å²) >= 11 is 7.17. The van der Waals surface area contributed by atoms with Crippen molar-refractivity contribution in [3.63, 3.8) is 0 Å².